The summed E-state index contributed by atoms with van der Waals surface area (Å²) in [5.41, 5.74) is 1.80. The molecule has 2 aliphatic heterocycles. The standard InChI is InChI=1S/C20H16N2O/c1-15-12-13-18-21-20(19(23)22(18)14-15,16-8-4-2-5-9-16)17-10-6-3-7-11-17/h2-14H,1H3. The van der Waals surface area contributed by atoms with E-state index < -0.39 is 5.54 Å². The van der Waals surface area contributed by atoms with Crippen LogP contribution in [0.3, 0.4) is 0 Å². The van der Waals surface area contributed by atoms with E-state index in [1.54, 1.807) is 4.90 Å². The lowest BCUT2D eigenvalue weighted by Gasteiger charge is -2.26. The van der Waals surface area contributed by atoms with Crippen molar-refractivity contribution in [1.82, 2.24) is 4.90 Å². The van der Waals surface area contributed by atoms with Crippen LogP contribution in [0.2, 0.25) is 0 Å². The van der Waals surface area contributed by atoms with Gasteiger partial charge >= 0.3 is 0 Å². The molecule has 0 aromatic heterocycles. The molecule has 2 aromatic carbocycles. The van der Waals surface area contributed by atoms with Crippen molar-refractivity contribution >= 4 is 11.7 Å². The van der Waals surface area contributed by atoms with Crippen molar-refractivity contribution in [1.29, 1.82) is 0 Å². The maximum absolute atomic E-state index is 13.3. The Kier molecular flexibility index (Phi) is 3.01. The van der Waals surface area contributed by atoms with Crippen LogP contribution in [0.15, 0.2) is 89.6 Å². The molecule has 0 aliphatic carbocycles. The van der Waals surface area contributed by atoms with E-state index in [4.69, 9.17) is 4.99 Å². The van der Waals surface area contributed by atoms with E-state index >= 15 is 0 Å². The zero-order valence-corrected chi connectivity index (χ0v) is 12.8. The van der Waals surface area contributed by atoms with Crippen LogP contribution in [-0.4, -0.2) is 16.6 Å². The Labute approximate surface area is 135 Å². The first-order valence-electron chi connectivity index (χ1n) is 7.63. The van der Waals surface area contributed by atoms with E-state index in [9.17, 15) is 4.79 Å². The highest BCUT2D eigenvalue weighted by Gasteiger charge is 2.50. The minimum atomic E-state index is -1.01. The number of amidine groups is 1. The summed E-state index contributed by atoms with van der Waals surface area (Å²) in [5, 5.41) is 0. The molecule has 0 radical (unpaired) electrons. The SMILES string of the molecule is CC1=CN2C(=O)C(c3ccccc3)(c3ccccc3)N=C2C=C1. The number of carbonyl (C=O) groups is 1. The monoisotopic (exact) mass is 300 g/mol. The van der Waals surface area contributed by atoms with Gasteiger partial charge < -0.3 is 0 Å². The van der Waals surface area contributed by atoms with Gasteiger partial charge in [0.25, 0.3) is 5.91 Å². The summed E-state index contributed by atoms with van der Waals surface area (Å²) < 4.78 is 0. The highest BCUT2D eigenvalue weighted by Crippen LogP contribution is 2.41. The summed E-state index contributed by atoms with van der Waals surface area (Å²) >= 11 is 0. The molecule has 2 heterocycles. The van der Waals surface area contributed by atoms with Crippen LogP contribution in [0.1, 0.15) is 18.1 Å². The predicted molar refractivity (Wildman–Crippen MR) is 90.8 cm³/mol. The third kappa shape index (κ3) is 1.97. The largest absolute Gasteiger partial charge is 0.270 e. The maximum Gasteiger partial charge on any atom is 0.269 e. The molecular weight excluding hydrogens is 284 g/mol. The Bertz CT molecular complexity index is 808. The molecule has 0 saturated carbocycles. The van der Waals surface area contributed by atoms with Crippen molar-refractivity contribution in [3.63, 3.8) is 0 Å². The van der Waals surface area contributed by atoms with Gasteiger partial charge in [0.1, 0.15) is 5.84 Å². The summed E-state index contributed by atoms with van der Waals surface area (Å²) in [6.45, 7) is 1.98. The van der Waals surface area contributed by atoms with Gasteiger partial charge in [0.05, 0.1) is 0 Å². The smallest absolute Gasteiger partial charge is 0.269 e. The van der Waals surface area contributed by atoms with Gasteiger partial charge in [0.15, 0.2) is 5.54 Å². The molecule has 0 saturated heterocycles. The van der Waals surface area contributed by atoms with Crippen molar-refractivity contribution in [2.75, 3.05) is 0 Å². The van der Waals surface area contributed by atoms with Crippen LogP contribution in [0.4, 0.5) is 0 Å². The topological polar surface area (TPSA) is 32.7 Å². The first-order chi connectivity index (χ1) is 11.2. The number of nitrogens with zero attached hydrogens (tertiary/aromatic N) is 2. The number of hydrogen-bond acceptors (Lipinski definition) is 2. The quantitative estimate of drug-likeness (QED) is 0.833. The number of carbonyl (C=O) groups excluding carboxylic acids is 1. The molecule has 3 nitrogen and oxygen atoms in total. The first-order valence-corrected chi connectivity index (χ1v) is 7.63. The molecule has 2 aliphatic rings. The third-order valence-electron chi connectivity index (χ3n) is 4.27. The summed E-state index contributed by atoms with van der Waals surface area (Å²) in [6, 6.07) is 19.5. The fraction of sp³-hybridized carbons (Fsp3) is 0.100. The highest BCUT2D eigenvalue weighted by molar-refractivity contribution is 6.15. The van der Waals surface area contributed by atoms with E-state index in [1.165, 1.54) is 0 Å². The van der Waals surface area contributed by atoms with Gasteiger partial charge in [0.2, 0.25) is 0 Å². The molecular formula is C20H16N2O. The second kappa shape index (κ2) is 5.06. The summed E-state index contributed by atoms with van der Waals surface area (Å²) in [5.74, 6) is 0.655. The van der Waals surface area contributed by atoms with Crippen molar-refractivity contribution < 1.29 is 4.79 Å². The zero-order valence-electron chi connectivity index (χ0n) is 12.8. The van der Waals surface area contributed by atoms with E-state index in [1.807, 2.05) is 85.9 Å². The lowest BCUT2D eigenvalue weighted by molar-refractivity contribution is -0.128. The molecule has 3 heteroatoms. The molecule has 0 unspecified atom stereocenters. The fourth-order valence-corrected chi connectivity index (χ4v) is 3.15. The van der Waals surface area contributed by atoms with Gasteiger partial charge in [-0.05, 0) is 29.7 Å². The third-order valence-corrected chi connectivity index (χ3v) is 4.27. The Morgan fingerprint density at radius 2 is 1.43 bits per heavy atom. The van der Waals surface area contributed by atoms with E-state index in [-0.39, 0.29) is 5.91 Å². The highest BCUT2D eigenvalue weighted by atomic mass is 16.2. The van der Waals surface area contributed by atoms with Gasteiger partial charge in [-0.1, -0.05) is 66.7 Å². The molecule has 4 rings (SSSR count). The van der Waals surface area contributed by atoms with Crippen LogP contribution in [0, 0.1) is 0 Å². The van der Waals surface area contributed by atoms with Crippen molar-refractivity contribution in [3.8, 4) is 0 Å². The van der Waals surface area contributed by atoms with E-state index in [0.29, 0.717) is 5.84 Å². The molecule has 0 fully saturated rings. The minimum Gasteiger partial charge on any atom is -0.270 e. The van der Waals surface area contributed by atoms with Gasteiger partial charge in [0, 0.05) is 6.20 Å². The molecule has 0 spiro atoms. The van der Waals surface area contributed by atoms with Crippen LogP contribution in [0.25, 0.3) is 0 Å². The maximum atomic E-state index is 13.3. The fourth-order valence-electron chi connectivity index (χ4n) is 3.15. The van der Waals surface area contributed by atoms with Crippen molar-refractivity contribution in [2.24, 2.45) is 4.99 Å². The summed E-state index contributed by atoms with van der Waals surface area (Å²) in [6.07, 6.45) is 5.74. The zero-order chi connectivity index (χ0) is 15.9. The molecule has 0 atom stereocenters. The summed E-state index contributed by atoms with van der Waals surface area (Å²) in [4.78, 5) is 19.9. The Morgan fingerprint density at radius 3 is 2.00 bits per heavy atom. The van der Waals surface area contributed by atoms with Crippen LogP contribution >= 0.6 is 0 Å². The van der Waals surface area contributed by atoms with Gasteiger partial charge in [-0.2, -0.15) is 0 Å². The number of amides is 1. The lowest BCUT2D eigenvalue weighted by atomic mass is 9.83. The van der Waals surface area contributed by atoms with Crippen LogP contribution in [-0.2, 0) is 10.3 Å². The Balaban J connectivity index is 1.98. The molecule has 23 heavy (non-hydrogen) atoms. The van der Waals surface area contributed by atoms with Crippen molar-refractivity contribution in [3.05, 3.63) is 95.7 Å². The molecule has 112 valence electrons. The normalized spacial score (nSPS) is 18.5. The number of hydrogen-bond donors (Lipinski definition) is 0. The van der Waals surface area contributed by atoms with Crippen LogP contribution < -0.4 is 0 Å². The van der Waals surface area contributed by atoms with Crippen molar-refractivity contribution in [2.45, 2.75) is 12.5 Å². The van der Waals surface area contributed by atoms with Gasteiger partial charge in [-0.15, -0.1) is 0 Å². The average molecular weight is 300 g/mol. The number of aliphatic imine (C=N–C) groups is 1. The predicted octanol–water partition coefficient (Wildman–Crippen LogP) is 3.64. The Hall–Kier alpha value is -2.94. The number of rotatable bonds is 2. The molecule has 1 amide bonds. The molecule has 0 bridgehead atoms. The van der Waals surface area contributed by atoms with Gasteiger partial charge in [-0.25, -0.2) is 4.99 Å². The Morgan fingerprint density at radius 1 is 0.870 bits per heavy atom. The van der Waals surface area contributed by atoms with E-state index in [0.717, 1.165) is 16.7 Å². The second-order valence-electron chi connectivity index (χ2n) is 5.79. The second-order valence-corrected chi connectivity index (χ2v) is 5.79. The lowest BCUT2D eigenvalue weighted by Crippen LogP contribution is -2.39. The number of allylic oxidation sites excluding steroid dienone is 2. The number of fused-ring (bicyclic) bond motifs is 1. The number of benzene rings is 2. The van der Waals surface area contributed by atoms with E-state index in [2.05, 4.69) is 0 Å². The summed E-state index contributed by atoms with van der Waals surface area (Å²) in [7, 11) is 0. The van der Waals surface area contributed by atoms with Gasteiger partial charge in [-0.3, -0.25) is 9.69 Å². The molecule has 2 aromatic rings. The average Bonchev–Trinajstić information content (AvgIpc) is 2.90. The molecule has 0 N–H and O–H groups in total. The first kappa shape index (κ1) is 13.7. The van der Waals surface area contributed by atoms with Crippen LogP contribution in [0.5, 0.6) is 0 Å². The minimum absolute atomic E-state index is 0.0337.